The lowest BCUT2D eigenvalue weighted by Crippen LogP contribution is -2.39. The molecule has 7 heteroatoms. The summed E-state index contributed by atoms with van der Waals surface area (Å²) in [6, 6.07) is 3.46. The van der Waals surface area contributed by atoms with Crippen LogP contribution in [0.1, 0.15) is 30.7 Å². The molecule has 0 bridgehead atoms. The lowest BCUT2D eigenvalue weighted by molar-refractivity contribution is -0.138. The summed E-state index contributed by atoms with van der Waals surface area (Å²) in [5.74, 6) is -0.747. The molecule has 1 fully saturated rings. The van der Waals surface area contributed by atoms with Crippen LogP contribution < -0.4 is 5.32 Å². The Hall–Kier alpha value is -1.27. The maximum absolute atomic E-state index is 12.1. The minimum absolute atomic E-state index is 0.0599. The van der Waals surface area contributed by atoms with Crippen LogP contribution in [0.15, 0.2) is 12.1 Å². The molecule has 0 aliphatic carbocycles. The molecule has 0 spiro atoms. The smallest absolute Gasteiger partial charge is 0.317 e. The average Bonchev–Trinajstić information content (AvgIpc) is 2.97. The third kappa shape index (κ3) is 3.86. The fraction of sp³-hybridized carbons (Fsp3) is 0.538. The number of nitrogens with zero attached hydrogens (tertiary/aromatic N) is 1. The Kier molecular flexibility index (Phi) is 4.88. The normalized spacial score (nSPS) is 19.9. The number of amides is 2. The van der Waals surface area contributed by atoms with E-state index in [1.165, 1.54) is 11.3 Å². The van der Waals surface area contributed by atoms with E-state index in [2.05, 4.69) is 5.32 Å². The van der Waals surface area contributed by atoms with Gasteiger partial charge in [-0.15, -0.1) is 11.3 Å². The molecule has 0 saturated carbocycles. The van der Waals surface area contributed by atoms with Crippen molar-refractivity contribution in [3.8, 4) is 0 Å². The number of likely N-dealkylation sites (tertiary alicyclic amines) is 1. The van der Waals surface area contributed by atoms with E-state index in [4.69, 9.17) is 16.7 Å². The highest BCUT2D eigenvalue weighted by Crippen LogP contribution is 2.27. The van der Waals surface area contributed by atoms with E-state index in [1.54, 1.807) is 4.90 Å². The predicted molar refractivity (Wildman–Crippen MR) is 78.2 cm³/mol. The maximum atomic E-state index is 12.1. The van der Waals surface area contributed by atoms with Crippen molar-refractivity contribution in [2.45, 2.75) is 25.8 Å². The lowest BCUT2D eigenvalue weighted by atomic mass is 10.1. The van der Waals surface area contributed by atoms with Gasteiger partial charge in [0.25, 0.3) is 0 Å². The fourth-order valence-corrected chi connectivity index (χ4v) is 3.40. The highest BCUT2D eigenvalue weighted by Gasteiger charge is 2.28. The minimum atomic E-state index is -0.807. The molecule has 2 amide bonds. The zero-order chi connectivity index (χ0) is 14.7. The lowest BCUT2D eigenvalue weighted by Gasteiger charge is -2.20. The predicted octanol–water partition coefficient (Wildman–Crippen LogP) is 2.97. The largest absolute Gasteiger partial charge is 0.481 e. The summed E-state index contributed by atoms with van der Waals surface area (Å²) in [6.07, 6.45) is 0.874. The third-order valence-corrected chi connectivity index (χ3v) is 4.81. The van der Waals surface area contributed by atoms with E-state index >= 15 is 0 Å². The van der Waals surface area contributed by atoms with Crippen molar-refractivity contribution >= 4 is 34.9 Å². The van der Waals surface area contributed by atoms with E-state index in [1.807, 2.05) is 19.1 Å². The molecule has 2 atom stereocenters. The van der Waals surface area contributed by atoms with Crippen molar-refractivity contribution in [2.24, 2.45) is 5.92 Å². The van der Waals surface area contributed by atoms with Gasteiger partial charge < -0.3 is 15.3 Å². The number of urea groups is 1. The van der Waals surface area contributed by atoms with E-state index < -0.39 is 5.97 Å². The molecule has 2 heterocycles. The number of aliphatic carboxylic acids is 1. The Bertz CT molecular complexity index is 506. The highest BCUT2D eigenvalue weighted by atomic mass is 35.5. The summed E-state index contributed by atoms with van der Waals surface area (Å²) in [7, 11) is 0. The van der Waals surface area contributed by atoms with Gasteiger partial charge in [-0.2, -0.15) is 0 Å². The Morgan fingerprint density at radius 1 is 1.60 bits per heavy atom. The van der Waals surface area contributed by atoms with Gasteiger partial charge in [-0.3, -0.25) is 4.79 Å². The SMILES string of the molecule is CC(NC(=O)N1CCC(CC(=O)O)C1)c1ccc(Cl)s1. The number of rotatable bonds is 4. The van der Waals surface area contributed by atoms with E-state index in [0.29, 0.717) is 17.4 Å². The van der Waals surface area contributed by atoms with Crippen LogP contribution in [-0.4, -0.2) is 35.1 Å². The van der Waals surface area contributed by atoms with Crippen molar-refractivity contribution in [1.82, 2.24) is 10.2 Å². The Labute approximate surface area is 126 Å². The first-order valence-corrected chi connectivity index (χ1v) is 7.67. The quantitative estimate of drug-likeness (QED) is 0.897. The van der Waals surface area contributed by atoms with Gasteiger partial charge in [0, 0.05) is 24.4 Å². The summed E-state index contributed by atoms with van der Waals surface area (Å²) in [4.78, 5) is 25.5. The zero-order valence-electron chi connectivity index (χ0n) is 11.1. The Morgan fingerprint density at radius 2 is 2.35 bits per heavy atom. The summed E-state index contributed by atoms with van der Waals surface area (Å²) in [5.41, 5.74) is 0. The third-order valence-electron chi connectivity index (χ3n) is 3.40. The molecule has 1 saturated heterocycles. The number of carboxylic acid groups (broad SMARTS) is 1. The molecule has 0 aromatic carbocycles. The highest BCUT2D eigenvalue weighted by molar-refractivity contribution is 7.16. The van der Waals surface area contributed by atoms with Gasteiger partial charge in [0.05, 0.1) is 10.4 Å². The number of hydrogen-bond acceptors (Lipinski definition) is 3. The number of carbonyl (C=O) groups is 2. The standard InChI is InChI=1S/C13H17ClN2O3S/c1-8(10-2-3-11(14)20-10)15-13(19)16-5-4-9(7-16)6-12(17)18/h2-3,8-9H,4-7H2,1H3,(H,15,19)(H,17,18). The number of halogens is 1. The number of nitrogens with one attached hydrogen (secondary N) is 1. The first-order chi connectivity index (χ1) is 9.45. The van der Waals surface area contributed by atoms with Crippen LogP contribution in [0, 0.1) is 5.92 Å². The van der Waals surface area contributed by atoms with Gasteiger partial charge in [-0.05, 0) is 31.4 Å². The molecule has 0 radical (unpaired) electrons. The van der Waals surface area contributed by atoms with Crippen molar-refractivity contribution < 1.29 is 14.7 Å². The summed E-state index contributed by atoms with van der Waals surface area (Å²) >= 11 is 7.32. The average molecular weight is 317 g/mol. The molecule has 2 rings (SSSR count). The summed E-state index contributed by atoms with van der Waals surface area (Å²) < 4.78 is 0.698. The molecular weight excluding hydrogens is 300 g/mol. The Balaban J connectivity index is 1.85. The van der Waals surface area contributed by atoms with Crippen molar-refractivity contribution in [3.63, 3.8) is 0 Å². The molecule has 2 N–H and O–H groups in total. The van der Waals surface area contributed by atoms with Gasteiger partial charge in [0.2, 0.25) is 0 Å². The minimum Gasteiger partial charge on any atom is -0.481 e. The molecule has 5 nitrogen and oxygen atoms in total. The second-order valence-electron chi connectivity index (χ2n) is 5.01. The van der Waals surface area contributed by atoms with E-state index in [0.717, 1.165) is 11.3 Å². The van der Waals surface area contributed by atoms with Gasteiger partial charge in [-0.1, -0.05) is 11.6 Å². The van der Waals surface area contributed by atoms with E-state index in [9.17, 15) is 9.59 Å². The van der Waals surface area contributed by atoms with Crippen LogP contribution in [0.5, 0.6) is 0 Å². The number of carbonyl (C=O) groups excluding carboxylic acids is 1. The van der Waals surface area contributed by atoms with Gasteiger partial charge >= 0.3 is 12.0 Å². The maximum Gasteiger partial charge on any atom is 0.317 e. The van der Waals surface area contributed by atoms with Crippen LogP contribution >= 0.6 is 22.9 Å². The molecule has 1 aliphatic rings. The number of hydrogen-bond donors (Lipinski definition) is 2. The number of carboxylic acids is 1. The first-order valence-electron chi connectivity index (χ1n) is 6.48. The molecule has 1 aromatic rings. The molecule has 1 aliphatic heterocycles. The molecular formula is C13H17ClN2O3S. The second-order valence-corrected chi connectivity index (χ2v) is 6.76. The molecule has 2 unspecified atom stereocenters. The van der Waals surface area contributed by atoms with Crippen molar-refractivity contribution in [3.05, 3.63) is 21.3 Å². The van der Waals surface area contributed by atoms with Crippen LogP contribution in [0.25, 0.3) is 0 Å². The van der Waals surface area contributed by atoms with Crippen LogP contribution in [-0.2, 0) is 4.79 Å². The van der Waals surface area contributed by atoms with Crippen molar-refractivity contribution in [2.75, 3.05) is 13.1 Å². The van der Waals surface area contributed by atoms with Crippen LogP contribution in [0.3, 0.4) is 0 Å². The van der Waals surface area contributed by atoms with E-state index in [-0.39, 0.29) is 24.4 Å². The van der Waals surface area contributed by atoms with Crippen LogP contribution in [0.4, 0.5) is 4.79 Å². The van der Waals surface area contributed by atoms with Crippen molar-refractivity contribution in [1.29, 1.82) is 0 Å². The zero-order valence-corrected chi connectivity index (χ0v) is 12.7. The molecule has 110 valence electrons. The summed E-state index contributed by atoms with van der Waals surface area (Å²) in [5, 5.41) is 11.7. The first kappa shape index (κ1) is 15.1. The number of thiophene rings is 1. The fourth-order valence-electron chi connectivity index (χ4n) is 2.34. The summed E-state index contributed by atoms with van der Waals surface area (Å²) in [6.45, 7) is 3.03. The monoisotopic (exact) mass is 316 g/mol. The van der Waals surface area contributed by atoms with Gasteiger partial charge in [0.1, 0.15) is 0 Å². The Morgan fingerprint density at radius 3 is 2.95 bits per heavy atom. The van der Waals surface area contributed by atoms with Crippen LogP contribution in [0.2, 0.25) is 4.34 Å². The van der Waals surface area contributed by atoms with Gasteiger partial charge in [0.15, 0.2) is 0 Å². The second kappa shape index (κ2) is 6.45. The molecule has 20 heavy (non-hydrogen) atoms. The topological polar surface area (TPSA) is 69.6 Å². The van der Waals surface area contributed by atoms with Gasteiger partial charge in [-0.25, -0.2) is 4.79 Å². The molecule has 1 aromatic heterocycles.